The molecule has 0 fully saturated rings. The van der Waals surface area contributed by atoms with E-state index in [1.807, 2.05) is 0 Å². The number of phenolic OH excluding ortho intramolecular Hbond substituents is 1. The number of para-hydroxylation sites is 2. The minimum atomic E-state index is -1.06. The summed E-state index contributed by atoms with van der Waals surface area (Å²) in [4.78, 5) is 29.0. The Bertz CT molecular complexity index is 1240. The Balaban J connectivity index is 2.04. The van der Waals surface area contributed by atoms with E-state index in [1.165, 1.54) is 25.1 Å². The number of anilines is 1. The van der Waals surface area contributed by atoms with Gasteiger partial charge >= 0.3 is 5.63 Å². The molecule has 0 aliphatic rings. The van der Waals surface area contributed by atoms with Gasteiger partial charge in [-0.1, -0.05) is 30.3 Å². The number of allylic oxidation sites excluding steroid dienone is 1. The summed E-state index contributed by atoms with van der Waals surface area (Å²) in [6.45, 7) is 1.44. The molecule has 8 heteroatoms. The number of aliphatic imine (C=N–C) groups is 1. The van der Waals surface area contributed by atoms with Crippen molar-refractivity contribution in [1.29, 1.82) is 0 Å². The molecule has 152 valence electrons. The van der Waals surface area contributed by atoms with E-state index < -0.39 is 28.7 Å². The van der Waals surface area contributed by atoms with Crippen LogP contribution in [0, 0.1) is 0 Å². The molecule has 5 N–H and O–H groups in total. The highest BCUT2D eigenvalue weighted by Gasteiger charge is 2.25. The Labute approximate surface area is 170 Å². The Morgan fingerprint density at radius 1 is 1.07 bits per heavy atom. The number of aromatic hydroxyl groups is 3. The van der Waals surface area contributed by atoms with Gasteiger partial charge in [0.25, 0.3) is 5.95 Å². The molecule has 3 aromatic rings. The van der Waals surface area contributed by atoms with Gasteiger partial charge in [0.1, 0.15) is 22.6 Å². The predicted octanol–water partition coefficient (Wildman–Crippen LogP) is 3.38. The van der Waals surface area contributed by atoms with Crippen LogP contribution in [-0.4, -0.2) is 26.8 Å². The normalized spacial score (nSPS) is 11.7. The first kappa shape index (κ1) is 20.4. The van der Waals surface area contributed by atoms with Crippen molar-refractivity contribution in [2.75, 3.05) is 5.73 Å². The Kier molecular flexibility index (Phi) is 5.68. The highest BCUT2D eigenvalue weighted by molar-refractivity contribution is 6.13. The summed E-state index contributed by atoms with van der Waals surface area (Å²) in [6, 6.07) is 12.8. The van der Waals surface area contributed by atoms with Gasteiger partial charge < -0.3 is 25.5 Å². The van der Waals surface area contributed by atoms with Crippen molar-refractivity contribution < 1.29 is 24.5 Å². The van der Waals surface area contributed by atoms with Crippen LogP contribution in [0.1, 0.15) is 28.4 Å². The standard InChI is InChI=1S/C22H18N2O6/c1-12(24-16-8-3-2-7-15(16)23)18-20(27)19(22(29)30-21(18)28)17(26)10-9-13-5-4-6-14(25)11-13/h2-11,25,27,29H,23H2,1H3. The predicted molar refractivity (Wildman–Crippen MR) is 113 cm³/mol. The summed E-state index contributed by atoms with van der Waals surface area (Å²) < 4.78 is 4.73. The van der Waals surface area contributed by atoms with Crippen molar-refractivity contribution in [3.8, 4) is 17.4 Å². The topological polar surface area (TPSA) is 146 Å². The van der Waals surface area contributed by atoms with E-state index in [2.05, 4.69) is 4.99 Å². The van der Waals surface area contributed by atoms with Gasteiger partial charge in [-0.25, -0.2) is 4.79 Å². The van der Waals surface area contributed by atoms with Crippen molar-refractivity contribution in [2.45, 2.75) is 6.92 Å². The zero-order valence-corrected chi connectivity index (χ0v) is 15.9. The van der Waals surface area contributed by atoms with Crippen molar-refractivity contribution in [3.63, 3.8) is 0 Å². The van der Waals surface area contributed by atoms with Gasteiger partial charge in [0, 0.05) is 0 Å². The van der Waals surface area contributed by atoms with Gasteiger partial charge in [0.2, 0.25) is 0 Å². The summed E-state index contributed by atoms with van der Waals surface area (Å²) in [7, 11) is 0. The number of nitrogens with zero attached hydrogens (tertiary/aromatic N) is 1. The second kappa shape index (κ2) is 8.36. The van der Waals surface area contributed by atoms with E-state index >= 15 is 0 Å². The van der Waals surface area contributed by atoms with Crippen LogP contribution < -0.4 is 11.4 Å². The van der Waals surface area contributed by atoms with E-state index in [4.69, 9.17) is 10.2 Å². The third-order valence-corrected chi connectivity index (χ3v) is 4.21. The first-order chi connectivity index (χ1) is 14.3. The lowest BCUT2D eigenvalue weighted by Gasteiger charge is -2.08. The monoisotopic (exact) mass is 406 g/mol. The van der Waals surface area contributed by atoms with E-state index in [9.17, 15) is 24.9 Å². The van der Waals surface area contributed by atoms with Crippen LogP contribution in [0.3, 0.4) is 0 Å². The van der Waals surface area contributed by atoms with Crippen molar-refractivity contribution in [3.05, 3.63) is 81.7 Å². The van der Waals surface area contributed by atoms with Gasteiger partial charge in [-0.2, -0.15) is 0 Å². The highest BCUT2D eigenvalue weighted by atomic mass is 16.5. The number of rotatable bonds is 5. The number of ketones is 1. The van der Waals surface area contributed by atoms with Crippen LogP contribution >= 0.6 is 0 Å². The minimum Gasteiger partial charge on any atom is -0.508 e. The summed E-state index contributed by atoms with van der Waals surface area (Å²) >= 11 is 0. The van der Waals surface area contributed by atoms with Gasteiger partial charge in [-0.3, -0.25) is 9.79 Å². The van der Waals surface area contributed by atoms with Gasteiger partial charge in [0.15, 0.2) is 5.78 Å². The van der Waals surface area contributed by atoms with Crippen LogP contribution in [0.25, 0.3) is 6.08 Å². The van der Waals surface area contributed by atoms with Crippen molar-refractivity contribution in [2.24, 2.45) is 4.99 Å². The molecule has 0 aliphatic carbocycles. The number of hydrogen-bond donors (Lipinski definition) is 4. The molecule has 0 spiro atoms. The van der Waals surface area contributed by atoms with E-state index in [-0.39, 0.29) is 17.0 Å². The zero-order valence-electron chi connectivity index (χ0n) is 15.9. The second-order valence-electron chi connectivity index (χ2n) is 6.34. The molecule has 0 radical (unpaired) electrons. The molecule has 3 rings (SSSR count). The molecular formula is C22H18N2O6. The maximum Gasteiger partial charge on any atom is 0.351 e. The molecule has 1 heterocycles. The third-order valence-electron chi connectivity index (χ3n) is 4.21. The fraction of sp³-hybridized carbons (Fsp3) is 0.0455. The average Bonchev–Trinajstić information content (AvgIpc) is 2.68. The third kappa shape index (κ3) is 4.22. The molecule has 1 aromatic heterocycles. The molecule has 8 nitrogen and oxygen atoms in total. The number of carbonyl (C=O) groups is 1. The smallest absolute Gasteiger partial charge is 0.351 e. The quantitative estimate of drug-likeness (QED) is 0.220. The summed E-state index contributed by atoms with van der Waals surface area (Å²) in [5, 5.41) is 30.0. The average molecular weight is 406 g/mol. The molecule has 0 aliphatic heterocycles. The highest BCUT2D eigenvalue weighted by Crippen LogP contribution is 2.31. The van der Waals surface area contributed by atoms with Gasteiger partial charge in [-0.15, -0.1) is 0 Å². The van der Waals surface area contributed by atoms with E-state index in [1.54, 1.807) is 36.4 Å². The number of nitrogens with two attached hydrogens (primary N) is 1. The van der Waals surface area contributed by atoms with Crippen LogP contribution in [0.5, 0.6) is 17.4 Å². The molecule has 0 unspecified atom stereocenters. The number of carbonyl (C=O) groups excluding carboxylic acids is 1. The molecule has 0 atom stereocenters. The number of benzene rings is 2. The molecule has 0 saturated heterocycles. The van der Waals surface area contributed by atoms with E-state index in [0.29, 0.717) is 16.9 Å². The van der Waals surface area contributed by atoms with Crippen molar-refractivity contribution >= 4 is 28.9 Å². The Morgan fingerprint density at radius 3 is 2.50 bits per heavy atom. The molecule has 0 amide bonds. The van der Waals surface area contributed by atoms with E-state index in [0.717, 1.165) is 6.08 Å². The maximum absolute atomic E-state index is 12.6. The van der Waals surface area contributed by atoms with Gasteiger partial charge in [0.05, 0.1) is 17.1 Å². The fourth-order valence-corrected chi connectivity index (χ4v) is 2.76. The van der Waals surface area contributed by atoms with Crippen LogP contribution in [0.2, 0.25) is 0 Å². The minimum absolute atomic E-state index is 0.00955. The number of nitrogen functional groups attached to an aromatic ring is 1. The first-order valence-corrected chi connectivity index (χ1v) is 8.78. The molecule has 2 aromatic carbocycles. The molecular weight excluding hydrogens is 388 g/mol. The lowest BCUT2D eigenvalue weighted by atomic mass is 10.0. The van der Waals surface area contributed by atoms with Gasteiger partial charge in [-0.05, 0) is 42.8 Å². The summed E-state index contributed by atoms with van der Waals surface area (Å²) in [5.41, 5.74) is 5.09. The summed E-state index contributed by atoms with van der Waals surface area (Å²) in [6.07, 6.45) is 2.44. The Hall–Kier alpha value is -4.33. The van der Waals surface area contributed by atoms with Crippen LogP contribution in [0.4, 0.5) is 11.4 Å². The molecule has 30 heavy (non-hydrogen) atoms. The maximum atomic E-state index is 12.6. The molecule has 0 saturated carbocycles. The van der Waals surface area contributed by atoms with Crippen molar-refractivity contribution in [1.82, 2.24) is 0 Å². The SMILES string of the molecule is CC(=Nc1ccccc1N)c1c(O)c(C(=O)C=Cc2cccc(O)c2)c(O)oc1=O. The number of hydrogen-bond acceptors (Lipinski definition) is 8. The number of phenols is 1. The lowest BCUT2D eigenvalue weighted by molar-refractivity contribution is 0.103. The zero-order chi connectivity index (χ0) is 21.8. The molecule has 0 bridgehead atoms. The first-order valence-electron chi connectivity index (χ1n) is 8.78. The fourth-order valence-electron chi connectivity index (χ4n) is 2.76. The lowest BCUT2D eigenvalue weighted by Crippen LogP contribution is -2.15. The summed E-state index contributed by atoms with van der Waals surface area (Å²) in [5.74, 6) is -2.58. The largest absolute Gasteiger partial charge is 0.508 e. The second-order valence-corrected chi connectivity index (χ2v) is 6.34. The van der Waals surface area contributed by atoms with Crippen LogP contribution in [-0.2, 0) is 0 Å². The Morgan fingerprint density at radius 2 is 1.80 bits per heavy atom. The van der Waals surface area contributed by atoms with Crippen LogP contribution in [0.15, 0.2) is 68.8 Å².